The number of fused-ring (bicyclic) bond motifs is 1. The van der Waals surface area contributed by atoms with Crippen molar-refractivity contribution in [2.45, 2.75) is 32.0 Å². The molecule has 1 fully saturated rings. The summed E-state index contributed by atoms with van der Waals surface area (Å²) in [6, 6.07) is 20.6. The Labute approximate surface area is 192 Å². The largest absolute Gasteiger partial charge is 0.455 e. The summed E-state index contributed by atoms with van der Waals surface area (Å²) < 4.78 is 5.80. The minimum absolute atomic E-state index is 0.174. The SMILES string of the molecule is O=C(NC1N=C(c2ccccc2)c2ccccc2NC1=O)c1ccc(CN2CCCCC2)o1. The van der Waals surface area contributed by atoms with E-state index in [0.29, 0.717) is 17.9 Å². The smallest absolute Gasteiger partial charge is 0.289 e. The summed E-state index contributed by atoms with van der Waals surface area (Å²) in [6.07, 6.45) is 2.56. The molecular weight excluding hydrogens is 416 g/mol. The van der Waals surface area contributed by atoms with Crippen molar-refractivity contribution in [2.24, 2.45) is 4.99 Å². The molecule has 0 saturated carbocycles. The van der Waals surface area contributed by atoms with E-state index in [2.05, 4.69) is 20.5 Å². The molecule has 0 aliphatic carbocycles. The molecule has 0 radical (unpaired) electrons. The number of rotatable bonds is 5. The van der Waals surface area contributed by atoms with Crippen molar-refractivity contribution in [3.05, 3.63) is 89.4 Å². The highest BCUT2D eigenvalue weighted by Crippen LogP contribution is 2.24. The third-order valence-corrected chi connectivity index (χ3v) is 5.98. The normalized spacial score (nSPS) is 18.6. The van der Waals surface area contributed by atoms with Gasteiger partial charge < -0.3 is 15.1 Å². The predicted octanol–water partition coefficient (Wildman–Crippen LogP) is 3.81. The van der Waals surface area contributed by atoms with Gasteiger partial charge in [0.25, 0.3) is 11.8 Å². The van der Waals surface area contributed by atoms with E-state index in [4.69, 9.17) is 4.42 Å². The highest BCUT2D eigenvalue weighted by atomic mass is 16.4. The first-order chi connectivity index (χ1) is 16.2. The second-order valence-corrected chi connectivity index (χ2v) is 8.36. The molecule has 2 aromatic carbocycles. The Morgan fingerprint density at radius 2 is 1.76 bits per heavy atom. The lowest BCUT2D eigenvalue weighted by Gasteiger charge is -2.25. The standard InChI is InChI=1S/C26H26N4O3/c31-25(22-14-13-19(33-22)17-30-15-7-2-8-16-30)29-24-26(32)27-21-12-6-5-11-20(21)23(28-24)18-9-3-1-4-10-18/h1,3-6,9-14,24H,2,7-8,15-17H2,(H,27,32)(H,29,31). The van der Waals surface area contributed by atoms with Crippen molar-refractivity contribution in [3.8, 4) is 0 Å². The van der Waals surface area contributed by atoms with Crippen LogP contribution in [-0.4, -0.2) is 41.7 Å². The summed E-state index contributed by atoms with van der Waals surface area (Å²) in [5, 5.41) is 5.61. The van der Waals surface area contributed by atoms with Gasteiger partial charge in [0.05, 0.1) is 17.9 Å². The summed E-state index contributed by atoms with van der Waals surface area (Å²) in [5.41, 5.74) is 2.96. The van der Waals surface area contributed by atoms with Gasteiger partial charge >= 0.3 is 0 Å². The van der Waals surface area contributed by atoms with Crippen LogP contribution in [0.3, 0.4) is 0 Å². The van der Waals surface area contributed by atoms with Gasteiger partial charge in [0.1, 0.15) is 5.76 Å². The molecule has 3 heterocycles. The Balaban J connectivity index is 1.37. The predicted molar refractivity (Wildman–Crippen MR) is 126 cm³/mol. The van der Waals surface area contributed by atoms with Crippen molar-refractivity contribution in [1.29, 1.82) is 0 Å². The van der Waals surface area contributed by atoms with E-state index in [1.54, 1.807) is 6.07 Å². The topological polar surface area (TPSA) is 86.9 Å². The van der Waals surface area contributed by atoms with Crippen molar-refractivity contribution < 1.29 is 14.0 Å². The van der Waals surface area contributed by atoms with Gasteiger partial charge in [-0.1, -0.05) is 55.0 Å². The third kappa shape index (κ3) is 4.73. The number of nitrogens with zero attached hydrogens (tertiary/aromatic N) is 2. The first kappa shape index (κ1) is 21.2. The fourth-order valence-corrected chi connectivity index (χ4v) is 4.30. The molecule has 2 amide bonds. The number of nitrogens with one attached hydrogen (secondary N) is 2. The average Bonchev–Trinajstić information content (AvgIpc) is 3.26. The molecule has 2 N–H and O–H groups in total. The van der Waals surface area contributed by atoms with E-state index in [9.17, 15) is 9.59 Å². The first-order valence-corrected chi connectivity index (χ1v) is 11.3. The molecule has 0 spiro atoms. The van der Waals surface area contributed by atoms with Crippen LogP contribution >= 0.6 is 0 Å². The lowest BCUT2D eigenvalue weighted by atomic mass is 10.0. The van der Waals surface area contributed by atoms with Crippen LogP contribution in [0, 0.1) is 0 Å². The zero-order valence-corrected chi connectivity index (χ0v) is 18.3. The van der Waals surface area contributed by atoms with Gasteiger partial charge in [-0.25, -0.2) is 4.99 Å². The van der Waals surface area contributed by atoms with Gasteiger partial charge in [-0.15, -0.1) is 0 Å². The number of hydrogen-bond acceptors (Lipinski definition) is 5. The van der Waals surface area contributed by atoms with Crippen LogP contribution in [-0.2, 0) is 11.3 Å². The number of aliphatic imine (C=N–C) groups is 1. The summed E-state index contributed by atoms with van der Waals surface area (Å²) in [6.45, 7) is 2.77. The minimum Gasteiger partial charge on any atom is -0.455 e. The Kier molecular flexibility index (Phi) is 6.04. The maximum Gasteiger partial charge on any atom is 0.289 e. The second-order valence-electron chi connectivity index (χ2n) is 8.36. The number of benzene rings is 2. The maximum atomic E-state index is 12.9. The fourth-order valence-electron chi connectivity index (χ4n) is 4.30. The van der Waals surface area contributed by atoms with Crippen molar-refractivity contribution in [1.82, 2.24) is 10.2 Å². The van der Waals surface area contributed by atoms with Crippen LogP contribution in [0.25, 0.3) is 0 Å². The highest BCUT2D eigenvalue weighted by Gasteiger charge is 2.28. The monoisotopic (exact) mass is 442 g/mol. The van der Waals surface area contributed by atoms with E-state index in [0.717, 1.165) is 30.0 Å². The van der Waals surface area contributed by atoms with Crippen molar-refractivity contribution in [2.75, 3.05) is 18.4 Å². The zero-order chi connectivity index (χ0) is 22.6. The van der Waals surface area contributed by atoms with Gasteiger partial charge in [-0.3, -0.25) is 14.5 Å². The van der Waals surface area contributed by atoms with Gasteiger partial charge in [0.2, 0.25) is 6.17 Å². The maximum absolute atomic E-state index is 12.9. The van der Waals surface area contributed by atoms with E-state index in [1.165, 1.54) is 19.3 Å². The third-order valence-electron chi connectivity index (χ3n) is 5.98. The molecule has 1 saturated heterocycles. The van der Waals surface area contributed by atoms with Crippen LogP contribution in [0.5, 0.6) is 0 Å². The second kappa shape index (κ2) is 9.42. The number of likely N-dealkylation sites (tertiary alicyclic amines) is 1. The number of benzodiazepines with no additional fused rings is 1. The summed E-state index contributed by atoms with van der Waals surface area (Å²) >= 11 is 0. The number of amides is 2. The van der Waals surface area contributed by atoms with Gasteiger partial charge in [0.15, 0.2) is 5.76 Å². The molecule has 1 unspecified atom stereocenters. The number of hydrogen-bond donors (Lipinski definition) is 2. The van der Waals surface area contributed by atoms with Crippen LogP contribution in [0.1, 0.15) is 46.7 Å². The number of furan rings is 1. The average molecular weight is 443 g/mol. The van der Waals surface area contributed by atoms with Crippen molar-refractivity contribution >= 4 is 23.2 Å². The number of piperidine rings is 1. The van der Waals surface area contributed by atoms with Crippen LogP contribution in [0.2, 0.25) is 0 Å². The Morgan fingerprint density at radius 3 is 2.58 bits per heavy atom. The molecule has 168 valence electrons. The van der Waals surface area contributed by atoms with E-state index in [-0.39, 0.29) is 5.76 Å². The van der Waals surface area contributed by atoms with Crippen LogP contribution in [0.15, 0.2) is 76.1 Å². The minimum atomic E-state index is -1.09. The van der Waals surface area contributed by atoms with E-state index >= 15 is 0 Å². The molecule has 2 aliphatic heterocycles. The highest BCUT2D eigenvalue weighted by molar-refractivity contribution is 6.20. The zero-order valence-electron chi connectivity index (χ0n) is 18.3. The first-order valence-electron chi connectivity index (χ1n) is 11.3. The summed E-state index contributed by atoms with van der Waals surface area (Å²) in [5.74, 6) is 0.0465. The molecule has 7 nitrogen and oxygen atoms in total. The quantitative estimate of drug-likeness (QED) is 0.629. The number of carbonyl (C=O) groups excluding carboxylic acids is 2. The Bertz CT molecular complexity index is 1180. The van der Waals surface area contributed by atoms with E-state index in [1.807, 2.05) is 60.7 Å². The molecular formula is C26H26N4O3. The van der Waals surface area contributed by atoms with Crippen molar-refractivity contribution in [3.63, 3.8) is 0 Å². The molecule has 5 rings (SSSR count). The molecule has 3 aromatic rings. The molecule has 7 heteroatoms. The molecule has 0 bridgehead atoms. The van der Waals surface area contributed by atoms with Crippen LogP contribution < -0.4 is 10.6 Å². The fraction of sp³-hybridized carbons (Fsp3) is 0.269. The number of anilines is 1. The van der Waals surface area contributed by atoms with E-state index < -0.39 is 18.0 Å². The summed E-state index contributed by atoms with van der Waals surface area (Å²) in [7, 11) is 0. The summed E-state index contributed by atoms with van der Waals surface area (Å²) in [4.78, 5) is 32.8. The van der Waals surface area contributed by atoms with Gasteiger partial charge in [-0.05, 0) is 44.1 Å². The number of para-hydroxylation sites is 1. The van der Waals surface area contributed by atoms with Crippen LogP contribution in [0.4, 0.5) is 5.69 Å². The molecule has 2 aliphatic rings. The molecule has 1 aromatic heterocycles. The van der Waals surface area contributed by atoms with Gasteiger partial charge in [0, 0.05) is 11.1 Å². The van der Waals surface area contributed by atoms with Gasteiger partial charge in [-0.2, -0.15) is 0 Å². The number of carbonyl (C=O) groups is 2. The Hall–Kier alpha value is -3.71. The lowest BCUT2D eigenvalue weighted by molar-refractivity contribution is -0.117. The lowest BCUT2D eigenvalue weighted by Crippen LogP contribution is -2.42. The molecule has 33 heavy (non-hydrogen) atoms. The molecule has 1 atom stereocenters. The Morgan fingerprint density at radius 1 is 1.00 bits per heavy atom.